The highest BCUT2D eigenvalue weighted by atomic mass is 16.6. The van der Waals surface area contributed by atoms with E-state index in [1.54, 1.807) is 12.4 Å². The third-order valence-electron chi connectivity index (χ3n) is 6.79. The number of carbonyl (C=O) groups is 1. The van der Waals surface area contributed by atoms with Crippen molar-refractivity contribution < 1.29 is 14.3 Å². The molecule has 0 spiro atoms. The van der Waals surface area contributed by atoms with Crippen molar-refractivity contribution in [1.82, 2.24) is 14.9 Å². The molecule has 2 aliphatic heterocycles. The molecule has 166 valence electrons. The molecule has 0 saturated carbocycles. The van der Waals surface area contributed by atoms with Crippen LogP contribution >= 0.6 is 0 Å². The number of fused-ring (bicyclic) bond motifs is 5. The van der Waals surface area contributed by atoms with E-state index in [1.807, 2.05) is 17.0 Å². The molecule has 2 N–H and O–H groups in total. The molecule has 1 fully saturated rings. The van der Waals surface area contributed by atoms with Gasteiger partial charge in [0.15, 0.2) is 0 Å². The second kappa shape index (κ2) is 8.01. The predicted molar refractivity (Wildman–Crippen MR) is 124 cm³/mol. The standard InChI is InChI=1S/C26H24N4O3/c27-25-28-11-17(12-29-25)16-9-18-13-32-14-19(10-16)30(18)26(31)33-15-24-22-7-3-1-5-20(22)21-6-2-4-8-23(21)24/h1-9,11-12,18-19,24H,10,13-15H2,(H2,27,28,29). The molecule has 6 rings (SSSR count). The highest BCUT2D eigenvalue weighted by Gasteiger charge is 2.40. The lowest BCUT2D eigenvalue weighted by Crippen LogP contribution is -2.56. The van der Waals surface area contributed by atoms with Crippen molar-refractivity contribution in [1.29, 1.82) is 0 Å². The summed E-state index contributed by atoms with van der Waals surface area (Å²) in [5, 5.41) is 0. The van der Waals surface area contributed by atoms with Gasteiger partial charge in [0.05, 0.1) is 25.3 Å². The molecule has 1 aromatic heterocycles. The molecule has 3 heterocycles. The molecule has 7 nitrogen and oxygen atoms in total. The number of benzene rings is 2. The number of hydrogen-bond acceptors (Lipinski definition) is 6. The Morgan fingerprint density at radius 1 is 1.03 bits per heavy atom. The SMILES string of the molecule is Nc1ncc(C2=CC3COCC(C2)N3C(=O)OCC2c3ccccc3-c3ccccc32)cn1. The van der Waals surface area contributed by atoms with E-state index in [0.29, 0.717) is 26.2 Å². The maximum absolute atomic E-state index is 13.3. The number of anilines is 1. The van der Waals surface area contributed by atoms with Gasteiger partial charge in [-0.05, 0) is 34.2 Å². The lowest BCUT2D eigenvalue weighted by Gasteiger charge is -2.43. The predicted octanol–water partition coefficient (Wildman–Crippen LogP) is 3.86. The van der Waals surface area contributed by atoms with Crippen molar-refractivity contribution in [2.45, 2.75) is 24.4 Å². The molecule has 2 atom stereocenters. The van der Waals surface area contributed by atoms with E-state index in [4.69, 9.17) is 15.2 Å². The van der Waals surface area contributed by atoms with Crippen LogP contribution in [0.2, 0.25) is 0 Å². The van der Waals surface area contributed by atoms with Crippen LogP contribution in [0.3, 0.4) is 0 Å². The van der Waals surface area contributed by atoms with Crippen LogP contribution in [-0.2, 0) is 9.47 Å². The zero-order valence-electron chi connectivity index (χ0n) is 18.1. The first-order valence-corrected chi connectivity index (χ1v) is 11.2. The minimum Gasteiger partial charge on any atom is -0.448 e. The molecular formula is C26H24N4O3. The Bertz CT molecular complexity index is 1190. The number of nitrogens with two attached hydrogens (primary N) is 1. The average molecular weight is 441 g/mol. The third-order valence-corrected chi connectivity index (χ3v) is 6.79. The lowest BCUT2D eigenvalue weighted by atomic mass is 9.91. The van der Waals surface area contributed by atoms with Crippen LogP contribution in [0.5, 0.6) is 0 Å². The topological polar surface area (TPSA) is 90.6 Å². The van der Waals surface area contributed by atoms with Gasteiger partial charge < -0.3 is 15.2 Å². The van der Waals surface area contributed by atoms with Gasteiger partial charge in [0.2, 0.25) is 5.95 Å². The second-order valence-electron chi connectivity index (χ2n) is 8.70. The fourth-order valence-corrected chi connectivity index (χ4v) is 5.27. The Hall–Kier alpha value is -3.71. The molecule has 1 saturated heterocycles. The van der Waals surface area contributed by atoms with E-state index in [9.17, 15) is 4.79 Å². The van der Waals surface area contributed by atoms with Gasteiger partial charge in [-0.1, -0.05) is 54.6 Å². The Balaban J connectivity index is 1.22. The van der Waals surface area contributed by atoms with E-state index in [1.165, 1.54) is 22.3 Å². The summed E-state index contributed by atoms with van der Waals surface area (Å²) in [6.07, 6.45) is 5.89. The van der Waals surface area contributed by atoms with Crippen LogP contribution in [0, 0.1) is 0 Å². The zero-order valence-corrected chi connectivity index (χ0v) is 18.1. The number of nitrogens with zero attached hydrogens (tertiary/aromatic N) is 3. The first kappa shape index (κ1) is 19.9. The van der Waals surface area contributed by atoms with Crippen LogP contribution in [0.4, 0.5) is 10.7 Å². The van der Waals surface area contributed by atoms with Gasteiger partial charge in [0.25, 0.3) is 0 Å². The van der Waals surface area contributed by atoms with Crippen molar-refractivity contribution >= 4 is 17.6 Å². The van der Waals surface area contributed by atoms with Crippen LogP contribution < -0.4 is 5.73 Å². The molecule has 1 aliphatic carbocycles. The Morgan fingerprint density at radius 3 is 2.36 bits per heavy atom. The normalized spacial score (nSPS) is 21.2. The van der Waals surface area contributed by atoms with Gasteiger partial charge in [-0.3, -0.25) is 4.90 Å². The maximum atomic E-state index is 13.3. The summed E-state index contributed by atoms with van der Waals surface area (Å²) in [6, 6.07) is 16.4. The number of rotatable bonds is 3. The zero-order chi connectivity index (χ0) is 22.4. The number of amides is 1. The van der Waals surface area contributed by atoms with Crippen molar-refractivity contribution in [3.63, 3.8) is 0 Å². The molecule has 7 heteroatoms. The second-order valence-corrected chi connectivity index (χ2v) is 8.70. The molecule has 2 aromatic carbocycles. The van der Waals surface area contributed by atoms with Gasteiger partial charge >= 0.3 is 6.09 Å². The number of ether oxygens (including phenoxy) is 2. The number of morpholine rings is 1. The van der Waals surface area contributed by atoms with Gasteiger partial charge in [-0.15, -0.1) is 0 Å². The number of nitrogen functional groups attached to an aromatic ring is 1. The summed E-state index contributed by atoms with van der Waals surface area (Å²) in [5.74, 6) is 0.291. The Morgan fingerprint density at radius 2 is 1.70 bits per heavy atom. The van der Waals surface area contributed by atoms with Gasteiger partial charge in [-0.25, -0.2) is 14.8 Å². The summed E-state index contributed by atoms with van der Waals surface area (Å²) in [5.41, 5.74) is 12.5. The van der Waals surface area contributed by atoms with Crippen molar-refractivity contribution in [3.05, 3.63) is 83.7 Å². The largest absolute Gasteiger partial charge is 0.448 e. The summed E-state index contributed by atoms with van der Waals surface area (Å²) >= 11 is 0. The molecule has 2 bridgehead atoms. The number of hydrogen-bond donors (Lipinski definition) is 1. The van der Waals surface area contributed by atoms with Crippen LogP contribution in [0.15, 0.2) is 67.0 Å². The van der Waals surface area contributed by atoms with Crippen molar-refractivity contribution in [3.8, 4) is 11.1 Å². The fraction of sp³-hybridized carbons (Fsp3) is 0.269. The van der Waals surface area contributed by atoms with Crippen LogP contribution in [0.25, 0.3) is 16.7 Å². The van der Waals surface area contributed by atoms with Gasteiger partial charge in [0.1, 0.15) is 6.61 Å². The number of aromatic nitrogens is 2. The summed E-state index contributed by atoms with van der Waals surface area (Å²) in [4.78, 5) is 23.3. The minimum absolute atomic E-state index is 0.0419. The highest BCUT2D eigenvalue weighted by molar-refractivity contribution is 5.79. The van der Waals surface area contributed by atoms with E-state index >= 15 is 0 Å². The fourth-order valence-electron chi connectivity index (χ4n) is 5.27. The van der Waals surface area contributed by atoms with Crippen LogP contribution in [0.1, 0.15) is 29.0 Å². The average Bonchev–Trinajstić information content (AvgIpc) is 3.16. The van der Waals surface area contributed by atoms with Crippen LogP contribution in [-0.4, -0.2) is 52.9 Å². The Kier molecular flexibility index (Phi) is 4.84. The van der Waals surface area contributed by atoms with Crippen molar-refractivity contribution in [2.75, 3.05) is 25.6 Å². The quantitative estimate of drug-likeness (QED) is 0.665. The van der Waals surface area contributed by atoms with Gasteiger partial charge in [0, 0.05) is 23.9 Å². The van der Waals surface area contributed by atoms with E-state index in [0.717, 1.165) is 11.1 Å². The molecular weight excluding hydrogens is 416 g/mol. The summed E-state index contributed by atoms with van der Waals surface area (Å²) in [6.45, 7) is 1.24. The Labute approximate surface area is 191 Å². The van der Waals surface area contributed by atoms with E-state index in [2.05, 4.69) is 52.4 Å². The van der Waals surface area contributed by atoms with E-state index in [-0.39, 0.29) is 30.0 Å². The highest BCUT2D eigenvalue weighted by Crippen LogP contribution is 2.44. The first-order valence-electron chi connectivity index (χ1n) is 11.2. The smallest absolute Gasteiger partial charge is 0.410 e. The molecule has 2 unspecified atom stereocenters. The lowest BCUT2D eigenvalue weighted by molar-refractivity contribution is -0.0331. The molecule has 3 aliphatic rings. The monoisotopic (exact) mass is 440 g/mol. The van der Waals surface area contributed by atoms with E-state index < -0.39 is 0 Å². The summed E-state index contributed by atoms with van der Waals surface area (Å²) < 4.78 is 11.7. The minimum atomic E-state index is -0.293. The first-order chi connectivity index (χ1) is 16.2. The maximum Gasteiger partial charge on any atom is 0.410 e. The molecule has 1 amide bonds. The molecule has 0 radical (unpaired) electrons. The summed E-state index contributed by atoms with van der Waals surface area (Å²) in [7, 11) is 0. The van der Waals surface area contributed by atoms with Crippen molar-refractivity contribution in [2.24, 2.45) is 0 Å². The number of carbonyl (C=O) groups excluding carboxylic acids is 1. The third kappa shape index (κ3) is 3.45. The molecule has 33 heavy (non-hydrogen) atoms. The molecule has 3 aromatic rings. The van der Waals surface area contributed by atoms with Gasteiger partial charge in [-0.2, -0.15) is 0 Å².